The van der Waals surface area contributed by atoms with Gasteiger partial charge in [0.2, 0.25) is 0 Å². The fourth-order valence-electron chi connectivity index (χ4n) is 1.61. The molecule has 1 aromatic heterocycles. The number of carbonyl (C=O) groups is 1. The van der Waals surface area contributed by atoms with Crippen LogP contribution < -0.4 is 0 Å². The maximum absolute atomic E-state index is 11.0. The standard InChI is InChI=1S/C12H11NO3/c1-2-9-10(8-6-4-3-5-7-8)11(12(14)15)13-16-9/h3-7H,2H2,1H3,(H,14,15). The molecule has 0 spiro atoms. The highest BCUT2D eigenvalue weighted by Crippen LogP contribution is 2.27. The van der Waals surface area contributed by atoms with Gasteiger partial charge in [0.25, 0.3) is 0 Å². The lowest BCUT2D eigenvalue weighted by Crippen LogP contribution is -1.99. The van der Waals surface area contributed by atoms with Crippen LogP contribution in [0.2, 0.25) is 0 Å². The second kappa shape index (κ2) is 4.18. The van der Waals surface area contributed by atoms with Crippen LogP contribution in [0, 0.1) is 0 Å². The van der Waals surface area contributed by atoms with Crippen LogP contribution in [-0.4, -0.2) is 16.2 Å². The molecule has 0 bridgehead atoms. The van der Waals surface area contributed by atoms with Crippen LogP contribution in [0.5, 0.6) is 0 Å². The lowest BCUT2D eigenvalue weighted by atomic mass is 10.0. The average molecular weight is 217 g/mol. The lowest BCUT2D eigenvalue weighted by Gasteiger charge is -2.00. The number of rotatable bonds is 3. The van der Waals surface area contributed by atoms with Crippen molar-refractivity contribution in [1.29, 1.82) is 0 Å². The first-order valence-electron chi connectivity index (χ1n) is 5.01. The van der Waals surface area contributed by atoms with Crippen molar-refractivity contribution in [2.75, 3.05) is 0 Å². The van der Waals surface area contributed by atoms with Gasteiger partial charge in [-0.1, -0.05) is 42.4 Å². The van der Waals surface area contributed by atoms with Crippen LogP contribution in [0.15, 0.2) is 34.9 Å². The third-order valence-electron chi connectivity index (χ3n) is 2.35. The topological polar surface area (TPSA) is 63.3 Å². The van der Waals surface area contributed by atoms with Crippen LogP contribution in [0.4, 0.5) is 0 Å². The fraction of sp³-hybridized carbons (Fsp3) is 0.167. The fourth-order valence-corrected chi connectivity index (χ4v) is 1.61. The predicted molar refractivity (Wildman–Crippen MR) is 58.3 cm³/mol. The van der Waals surface area contributed by atoms with E-state index in [-0.39, 0.29) is 5.69 Å². The van der Waals surface area contributed by atoms with E-state index in [1.807, 2.05) is 37.3 Å². The molecule has 0 radical (unpaired) electrons. The Morgan fingerprint density at radius 2 is 2.06 bits per heavy atom. The first kappa shape index (κ1) is 10.4. The number of benzene rings is 1. The highest BCUT2D eigenvalue weighted by Gasteiger charge is 2.21. The summed E-state index contributed by atoms with van der Waals surface area (Å²) in [5.41, 5.74) is 1.37. The summed E-state index contributed by atoms with van der Waals surface area (Å²) < 4.78 is 5.03. The van der Waals surface area contributed by atoms with Gasteiger partial charge >= 0.3 is 5.97 Å². The third-order valence-corrected chi connectivity index (χ3v) is 2.35. The van der Waals surface area contributed by atoms with E-state index in [2.05, 4.69) is 5.16 Å². The van der Waals surface area contributed by atoms with E-state index < -0.39 is 5.97 Å². The van der Waals surface area contributed by atoms with Gasteiger partial charge in [-0.05, 0) is 5.56 Å². The maximum atomic E-state index is 11.0. The molecule has 1 aromatic carbocycles. The first-order valence-corrected chi connectivity index (χ1v) is 5.01. The van der Waals surface area contributed by atoms with E-state index in [4.69, 9.17) is 9.63 Å². The molecule has 0 fully saturated rings. The smallest absolute Gasteiger partial charge is 0.358 e. The van der Waals surface area contributed by atoms with Crippen molar-refractivity contribution in [2.45, 2.75) is 13.3 Å². The Morgan fingerprint density at radius 3 is 2.62 bits per heavy atom. The van der Waals surface area contributed by atoms with Gasteiger partial charge in [0.15, 0.2) is 5.69 Å². The SMILES string of the molecule is CCc1onc(C(=O)O)c1-c1ccccc1. The first-order chi connectivity index (χ1) is 7.74. The monoisotopic (exact) mass is 217 g/mol. The second-order valence-electron chi connectivity index (χ2n) is 3.35. The van der Waals surface area contributed by atoms with E-state index in [9.17, 15) is 4.79 Å². The van der Waals surface area contributed by atoms with Crippen LogP contribution in [0.25, 0.3) is 11.1 Å². The van der Waals surface area contributed by atoms with Gasteiger partial charge in [-0.3, -0.25) is 0 Å². The number of aromatic carboxylic acids is 1. The summed E-state index contributed by atoms with van der Waals surface area (Å²) in [7, 11) is 0. The van der Waals surface area contributed by atoms with Gasteiger partial charge < -0.3 is 9.63 Å². The minimum absolute atomic E-state index is 0.0250. The van der Waals surface area contributed by atoms with Gasteiger partial charge in [0.05, 0.1) is 5.56 Å². The molecule has 0 saturated carbocycles. The van der Waals surface area contributed by atoms with Crippen molar-refractivity contribution in [1.82, 2.24) is 5.16 Å². The zero-order chi connectivity index (χ0) is 11.5. The molecule has 2 rings (SSSR count). The van der Waals surface area contributed by atoms with Gasteiger partial charge in [-0.25, -0.2) is 4.79 Å². The van der Waals surface area contributed by atoms with Crippen molar-refractivity contribution < 1.29 is 14.4 Å². The molecule has 0 aliphatic rings. The van der Waals surface area contributed by atoms with Crippen molar-refractivity contribution in [3.63, 3.8) is 0 Å². The molecule has 1 heterocycles. The third kappa shape index (κ3) is 1.69. The number of hydrogen-bond acceptors (Lipinski definition) is 3. The molecule has 1 N–H and O–H groups in total. The Labute approximate surface area is 92.5 Å². The normalized spacial score (nSPS) is 10.3. The summed E-state index contributed by atoms with van der Waals surface area (Å²) >= 11 is 0. The Bertz CT molecular complexity index is 502. The average Bonchev–Trinajstić information content (AvgIpc) is 2.73. The summed E-state index contributed by atoms with van der Waals surface area (Å²) in [4.78, 5) is 11.0. The van der Waals surface area contributed by atoms with Crippen molar-refractivity contribution >= 4 is 5.97 Å². The molecule has 0 amide bonds. The molecular formula is C12H11NO3. The highest BCUT2D eigenvalue weighted by atomic mass is 16.5. The van der Waals surface area contributed by atoms with Crippen LogP contribution >= 0.6 is 0 Å². The molecule has 0 aliphatic carbocycles. The zero-order valence-corrected chi connectivity index (χ0v) is 8.80. The molecule has 4 nitrogen and oxygen atoms in total. The summed E-state index contributed by atoms with van der Waals surface area (Å²) in [5, 5.41) is 12.6. The summed E-state index contributed by atoms with van der Waals surface area (Å²) in [6, 6.07) is 9.28. The van der Waals surface area contributed by atoms with Gasteiger partial charge in [-0.15, -0.1) is 0 Å². The number of carboxylic acids is 1. The molecule has 2 aromatic rings. The minimum Gasteiger partial charge on any atom is -0.476 e. The predicted octanol–water partition coefficient (Wildman–Crippen LogP) is 2.60. The molecule has 0 unspecified atom stereocenters. The minimum atomic E-state index is -1.07. The van der Waals surface area contributed by atoms with Crippen molar-refractivity contribution in [3.8, 4) is 11.1 Å². The van der Waals surface area contributed by atoms with E-state index in [1.165, 1.54) is 0 Å². The second-order valence-corrected chi connectivity index (χ2v) is 3.35. The van der Waals surface area contributed by atoms with Crippen LogP contribution in [0.1, 0.15) is 23.2 Å². The molecule has 0 atom stereocenters. The Kier molecular flexibility index (Phi) is 2.72. The van der Waals surface area contributed by atoms with E-state index in [1.54, 1.807) is 0 Å². The lowest BCUT2D eigenvalue weighted by molar-refractivity contribution is 0.0686. The van der Waals surface area contributed by atoms with Gasteiger partial charge in [-0.2, -0.15) is 0 Å². The summed E-state index contributed by atoms with van der Waals surface area (Å²) in [5.74, 6) is -0.467. The van der Waals surface area contributed by atoms with Gasteiger partial charge in [0, 0.05) is 6.42 Å². The maximum Gasteiger partial charge on any atom is 0.358 e. The number of carboxylic acid groups (broad SMARTS) is 1. The largest absolute Gasteiger partial charge is 0.476 e. The Morgan fingerprint density at radius 1 is 1.38 bits per heavy atom. The Balaban J connectivity index is 2.62. The molecular weight excluding hydrogens is 206 g/mol. The number of aryl methyl sites for hydroxylation is 1. The number of aromatic nitrogens is 1. The summed E-state index contributed by atoms with van der Waals surface area (Å²) in [6.07, 6.45) is 0.616. The van der Waals surface area contributed by atoms with E-state index in [0.717, 1.165) is 5.56 Å². The summed E-state index contributed by atoms with van der Waals surface area (Å²) in [6.45, 7) is 1.90. The van der Waals surface area contributed by atoms with Gasteiger partial charge in [0.1, 0.15) is 5.76 Å². The van der Waals surface area contributed by atoms with Crippen molar-refractivity contribution in [3.05, 3.63) is 41.8 Å². The molecule has 0 aliphatic heterocycles. The molecule has 0 saturated heterocycles. The molecule has 82 valence electrons. The Hall–Kier alpha value is -2.10. The van der Waals surface area contributed by atoms with Crippen LogP contribution in [-0.2, 0) is 6.42 Å². The quantitative estimate of drug-likeness (QED) is 0.858. The number of nitrogens with zero attached hydrogens (tertiary/aromatic N) is 1. The number of hydrogen-bond donors (Lipinski definition) is 1. The molecule has 4 heteroatoms. The van der Waals surface area contributed by atoms with Crippen LogP contribution in [0.3, 0.4) is 0 Å². The van der Waals surface area contributed by atoms with Crippen molar-refractivity contribution in [2.24, 2.45) is 0 Å². The zero-order valence-electron chi connectivity index (χ0n) is 8.80. The molecule has 16 heavy (non-hydrogen) atoms. The van der Waals surface area contributed by atoms with E-state index in [0.29, 0.717) is 17.7 Å². The highest BCUT2D eigenvalue weighted by molar-refractivity contribution is 5.94. The van der Waals surface area contributed by atoms with E-state index >= 15 is 0 Å².